The average molecular weight is 554 g/mol. The quantitative estimate of drug-likeness (QED) is 0.217. The molecule has 1 aliphatic carbocycles. The summed E-state index contributed by atoms with van der Waals surface area (Å²) in [5.74, 6) is 1.47. The van der Waals surface area contributed by atoms with Crippen LogP contribution in [0.1, 0.15) is 64.7 Å². The summed E-state index contributed by atoms with van der Waals surface area (Å²) in [6.45, 7) is 3.09. The smallest absolute Gasteiger partial charge is 0.357 e. The maximum atomic E-state index is 12.7. The minimum atomic E-state index is -5.23. The van der Waals surface area contributed by atoms with Crippen molar-refractivity contribution in [3.63, 3.8) is 0 Å². The molecule has 0 atom stereocenters. The van der Waals surface area contributed by atoms with Gasteiger partial charge in [-0.1, -0.05) is 32.1 Å². The SMILES string of the molecule is CCNC(=NCCCC1CCCCC1)NC1CCN(S(=O)(=O)C(F)(F)F)CC1.I. The molecule has 2 aliphatic rings. The van der Waals surface area contributed by atoms with Crippen LogP contribution in [0.25, 0.3) is 0 Å². The van der Waals surface area contributed by atoms with Gasteiger partial charge in [-0.3, -0.25) is 4.99 Å². The van der Waals surface area contributed by atoms with E-state index in [0.717, 1.165) is 12.3 Å². The molecule has 1 saturated carbocycles. The fraction of sp³-hybridized carbons (Fsp3) is 0.944. The van der Waals surface area contributed by atoms with E-state index in [1.165, 1.54) is 38.5 Å². The summed E-state index contributed by atoms with van der Waals surface area (Å²) < 4.78 is 61.5. The number of guanidine groups is 1. The lowest BCUT2D eigenvalue weighted by atomic mass is 9.86. The first-order chi connectivity index (χ1) is 13.2. The largest absolute Gasteiger partial charge is 0.511 e. The summed E-state index contributed by atoms with van der Waals surface area (Å²) in [5, 5.41) is 6.40. The van der Waals surface area contributed by atoms with E-state index in [0.29, 0.717) is 36.2 Å². The fourth-order valence-electron chi connectivity index (χ4n) is 3.95. The predicted molar refractivity (Wildman–Crippen MR) is 120 cm³/mol. The zero-order chi connectivity index (χ0) is 20.6. The van der Waals surface area contributed by atoms with Crippen molar-refractivity contribution in [3.8, 4) is 0 Å². The van der Waals surface area contributed by atoms with Gasteiger partial charge in [0.2, 0.25) is 0 Å². The Balaban J connectivity index is 0.00000420. The highest BCUT2D eigenvalue weighted by Crippen LogP contribution is 2.29. The van der Waals surface area contributed by atoms with Crippen LogP contribution in [0.3, 0.4) is 0 Å². The summed E-state index contributed by atoms with van der Waals surface area (Å²) in [6, 6.07) is -0.0872. The molecule has 6 nitrogen and oxygen atoms in total. The molecule has 0 aromatic heterocycles. The Labute approximate surface area is 189 Å². The Morgan fingerprint density at radius 1 is 1.10 bits per heavy atom. The zero-order valence-corrected chi connectivity index (χ0v) is 20.2. The zero-order valence-electron chi connectivity index (χ0n) is 17.0. The number of hydrogen-bond donors (Lipinski definition) is 2. The minimum Gasteiger partial charge on any atom is -0.357 e. The molecule has 0 aromatic rings. The van der Waals surface area contributed by atoms with Gasteiger partial charge in [0.05, 0.1) is 0 Å². The van der Waals surface area contributed by atoms with Crippen molar-refractivity contribution in [1.29, 1.82) is 0 Å². The number of hydrogen-bond acceptors (Lipinski definition) is 3. The molecule has 0 unspecified atom stereocenters. The fourth-order valence-corrected chi connectivity index (χ4v) is 4.93. The molecule has 11 heteroatoms. The third-order valence-corrected chi connectivity index (χ3v) is 7.17. The Bertz CT molecular complexity index is 603. The molecule has 2 fully saturated rings. The highest BCUT2D eigenvalue weighted by molar-refractivity contribution is 14.0. The second-order valence-electron chi connectivity index (χ2n) is 7.68. The van der Waals surface area contributed by atoms with Crippen LogP contribution in [0.5, 0.6) is 0 Å². The number of sulfonamides is 1. The van der Waals surface area contributed by atoms with Crippen LogP contribution in [0.2, 0.25) is 0 Å². The summed E-state index contributed by atoms with van der Waals surface area (Å²) >= 11 is 0. The summed E-state index contributed by atoms with van der Waals surface area (Å²) in [4.78, 5) is 4.58. The molecule has 1 saturated heterocycles. The summed E-state index contributed by atoms with van der Waals surface area (Å²) in [6.07, 6.45) is 9.53. The molecule has 1 heterocycles. The number of alkyl halides is 3. The minimum absolute atomic E-state index is 0. The molecule has 1 aliphatic heterocycles. The number of piperidine rings is 1. The first-order valence-electron chi connectivity index (χ1n) is 10.3. The van der Waals surface area contributed by atoms with Gasteiger partial charge < -0.3 is 10.6 Å². The van der Waals surface area contributed by atoms with E-state index in [1.807, 2.05) is 6.92 Å². The van der Waals surface area contributed by atoms with Crippen molar-refractivity contribution >= 4 is 40.0 Å². The Morgan fingerprint density at radius 2 is 1.72 bits per heavy atom. The van der Waals surface area contributed by atoms with Gasteiger partial charge in [0, 0.05) is 32.2 Å². The first kappa shape index (κ1) is 26.7. The van der Waals surface area contributed by atoms with Crippen LogP contribution in [0.4, 0.5) is 13.2 Å². The van der Waals surface area contributed by atoms with Crippen molar-refractivity contribution in [2.75, 3.05) is 26.2 Å². The Kier molecular flexibility index (Phi) is 11.6. The Morgan fingerprint density at radius 3 is 2.28 bits per heavy atom. The molecular weight excluding hydrogens is 520 g/mol. The lowest BCUT2D eigenvalue weighted by molar-refractivity contribution is -0.0494. The lowest BCUT2D eigenvalue weighted by Crippen LogP contribution is -2.51. The summed E-state index contributed by atoms with van der Waals surface area (Å²) in [7, 11) is -5.23. The van der Waals surface area contributed by atoms with Crippen LogP contribution in [-0.2, 0) is 10.0 Å². The molecule has 2 N–H and O–H groups in total. The number of halogens is 4. The number of aliphatic imine (C=N–C) groups is 1. The maximum absolute atomic E-state index is 12.7. The standard InChI is InChI=1S/C18H33F3N4O2S.HI/c1-2-22-17(23-12-6-9-15-7-4-3-5-8-15)24-16-10-13-25(14-11-16)28(26,27)18(19,20)21;/h15-16H,2-14H2,1H3,(H2,22,23,24);1H. The summed E-state index contributed by atoms with van der Waals surface area (Å²) in [5.41, 5.74) is -5.23. The van der Waals surface area contributed by atoms with Gasteiger partial charge in [-0.05, 0) is 38.5 Å². The van der Waals surface area contributed by atoms with E-state index in [4.69, 9.17) is 0 Å². The Hall–Kier alpha value is -0.300. The number of nitrogens with one attached hydrogen (secondary N) is 2. The number of nitrogens with zero attached hydrogens (tertiary/aromatic N) is 2. The van der Waals surface area contributed by atoms with Crippen LogP contribution in [0, 0.1) is 5.92 Å². The van der Waals surface area contributed by atoms with Crippen molar-refractivity contribution in [3.05, 3.63) is 0 Å². The molecule has 172 valence electrons. The molecule has 2 rings (SSSR count). The van der Waals surface area contributed by atoms with Gasteiger partial charge in [0.15, 0.2) is 5.96 Å². The van der Waals surface area contributed by atoms with Crippen LogP contribution >= 0.6 is 24.0 Å². The van der Waals surface area contributed by atoms with E-state index in [1.54, 1.807) is 0 Å². The molecule has 0 aromatic carbocycles. The third-order valence-electron chi connectivity index (χ3n) is 5.54. The average Bonchev–Trinajstić information content (AvgIpc) is 2.66. The molecule has 0 amide bonds. The van der Waals surface area contributed by atoms with Crippen LogP contribution in [-0.4, -0.2) is 56.4 Å². The van der Waals surface area contributed by atoms with E-state index in [9.17, 15) is 21.6 Å². The van der Waals surface area contributed by atoms with Crippen LogP contribution < -0.4 is 10.6 Å². The lowest BCUT2D eigenvalue weighted by Gasteiger charge is -2.32. The molecule has 29 heavy (non-hydrogen) atoms. The second-order valence-corrected chi connectivity index (χ2v) is 9.60. The first-order valence-corrected chi connectivity index (χ1v) is 11.8. The van der Waals surface area contributed by atoms with Gasteiger partial charge in [0.1, 0.15) is 0 Å². The second kappa shape index (κ2) is 12.5. The number of rotatable bonds is 7. The van der Waals surface area contributed by atoms with Crippen molar-refractivity contribution in [2.45, 2.75) is 76.3 Å². The third kappa shape index (κ3) is 8.39. The van der Waals surface area contributed by atoms with E-state index >= 15 is 0 Å². The van der Waals surface area contributed by atoms with E-state index in [-0.39, 0.29) is 43.1 Å². The van der Waals surface area contributed by atoms with Crippen LogP contribution in [0.15, 0.2) is 4.99 Å². The molecule has 0 spiro atoms. The van der Waals surface area contributed by atoms with Crippen molar-refractivity contribution in [2.24, 2.45) is 10.9 Å². The predicted octanol–water partition coefficient (Wildman–Crippen LogP) is 3.83. The van der Waals surface area contributed by atoms with Crippen molar-refractivity contribution < 1.29 is 21.6 Å². The molecular formula is C18H34F3IN4O2S. The highest BCUT2D eigenvalue weighted by atomic mass is 127. The van der Waals surface area contributed by atoms with Gasteiger partial charge in [-0.25, -0.2) is 8.42 Å². The normalized spacial score (nSPS) is 20.9. The topological polar surface area (TPSA) is 73.8 Å². The van der Waals surface area contributed by atoms with Crippen molar-refractivity contribution in [1.82, 2.24) is 14.9 Å². The monoisotopic (exact) mass is 554 g/mol. The molecule has 0 radical (unpaired) electrons. The van der Waals surface area contributed by atoms with E-state index in [2.05, 4.69) is 15.6 Å². The van der Waals surface area contributed by atoms with Gasteiger partial charge in [0.25, 0.3) is 0 Å². The maximum Gasteiger partial charge on any atom is 0.511 e. The van der Waals surface area contributed by atoms with E-state index < -0.39 is 15.5 Å². The van der Waals surface area contributed by atoms with Gasteiger partial charge >= 0.3 is 15.5 Å². The molecule has 0 bridgehead atoms. The van der Waals surface area contributed by atoms with Gasteiger partial charge in [-0.15, -0.1) is 24.0 Å². The highest BCUT2D eigenvalue weighted by Gasteiger charge is 2.50. The van der Waals surface area contributed by atoms with Gasteiger partial charge in [-0.2, -0.15) is 17.5 Å².